The lowest BCUT2D eigenvalue weighted by Crippen LogP contribution is -2.15. The zero-order valence-corrected chi connectivity index (χ0v) is 9.11. The number of aromatic amines is 1. The van der Waals surface area contributed by atoms with E-state index < -0.39 is 17.6 Å². The highest BCUT2D eigenvalue weighted by atomic mass is 19.1. The number of halogens is 1. The molecular formula is C11H9FN4O2. The number of carbonyl (C=O) groups is 2. The second kappa shape index (κ2) is 4.66. The molecule has 92 valence electrons. The second-order valence-electron chi connectivity index (χ2n) is 3.50. The lowest BCUT2D eigenvalue weighted by molar-refractivity contribution is 0.0996. The van der Waals surface area contributed by atoms with E-state index in [0.29, 0.717) is 0 Å². The molecule has 0 spiro atoms. The topological polar surface area (TPSA) is 101 Å². The number of anilines is 1. The van der Waals surface area contributed by atoms with E-state index in [1.54, 1.807) is 0 Å². The molecule has 0 saturated heterocycles. The molecule has 2 aromatic rings. The van der Waals surface area contributed by atoms with Gasteiger partial charge in [0.2, 0.25) is 5.91 Å². The van der Waals surface area contributed by atoms with Crippen molar-refractivity contribution in [1.82, 2.24) is 10.2 Å². The van der Waals surface area contributed by atoms with Crippen LogP contribution in [0.3, 0.4) is 0 Å². The van der Waals surface area contributed by atoms with E-state index in [2.05, 4.69) is 15.5 Å². The Kier molecular flexibility index (Phi) is 3.05. The fraction of sp³-hybridized carbons (Fsp3) is 0. The van der Waals surface area contributed by atoms with Gasteiger partial charge in [-0.3, -0.25) is 14.7 Å². The van der Waals surface area contributed by atoms with E-state index in [0.717, 1.165) is 6.07 Å². The highest BCUT2D eigenvalue weighted by molar-refractivity contribution is 6.04. The van der Waals surface area contributed by atoms with Crippen molar-refractivity contribution in [3.05, 3.63) is 47.5 Å². The summed E-state index contributed by atoms with van der Waals surface area (Å²) in [5.74, 6) is -1.89. The van der Waals surface area contributed by atoms with Gasteiger partial charge < -0.3 is 11.1 Å². The summed E-state index contributed by atoms with van der Waals surface area (Å²) in [6.07, 6.45) is 2.66. The fourth-order valence-corrected chi connectivity index (χ4v) is 1.34. The van der Waals surface area contributed by atoms with Gasteiger partial charge in [-0.2, -0.15) is 5.10 Å². The summed E-state index contributed by atoms with van der Waals surface area (Å²) in [7, 11) is 0. The Morgan fingerprint density at radius 3 is 2.72 bits per heavy atom. The number of nitrogens with one attached hydrogen (secondary N) is 2. The average Bonchev–Trinajstić information content (AvgIpc) is 2.85. The molecule has 0 radical (unpaired) electrons. The number of benzene rings is 1. The molecular weight excluding hydrogens is 239 g/mol. The molecule has 1 heterocycles. The first-order valence-corrected chi connectivity index (χ1v) is 4.97. The van der Waals surface area contributed by atoms with Crippen molar-refractivity contribution in [3.63, 3.8) is 0 Å². The van der Waals surface area contributed by atoms with Crippen LogP contribution in [0.5, 0.6) is 0 Å². The Bertz CT molecular complexity index is 595. The predicted octanol–water partition coefficient (Wildman–Crippen LogP) is 0.900. The second-order valence-corrected chi connectivity index (χ2v) is 3.50. The van der Waals surface area contributed by atoms with Crippen LogP contribution in [0.1, 0.15) is 20.7 Å². The molecule has 0 unspecified atom stereocenters. The first kappa shape index (κ1) is 11.8. The molecule has 18 heavy (non-hydrogen) atoms. The largest absolute Gasteiger partial charge is 0.366 e. The third kappa shape index (κ3) is 2.34. The third-order valence-electron chi connectivity index (χ3n) is 2.26. The molecule has 1 aromatic heterocycles. The highest BCUT2D eigenvalue weighted by Crippen LogP contribution is 2.16. The zero-order chi connectivity index (χ0) is 13.1. The number of rotatable bonds is 3. The van der Waals surface area contributed by atoms with Crippen LogP contribution in [0.2, 0.25) is 0 Å². The van der Waals surface area contributed by atoms with Crippen molar-refractivity contribution < 1.29 is 14.0 Å². The Hall–Kier alpha value is -2.70. The molecule has 0 aliphatic rings. The SMILES string of the molecule is NC(=O)c1ccc(F)c(NC(=O)c2cn[nH]c2)c1. The predicted molar refractivity (Wildman–Crippen MR) is 61.5 cm³/mol. The molecule has 0 fully saturated rings. The van der Waals surface area contributed by atoms with Gasteiger partial charge in [-0.15, -0.1) is 0 Å². The molecule has 0 bridgehead atoms. The van der Waals surface area contributed by atoms with Gasteiger partial charge in [-0.25, -0.2) is 4.39 Å². The maximum atomic E-state index is 13.4. The summed E-state index contributed by atoms with van der Waals surface area (Å²) in [6.45, 7) is 0. The Balaban J connectivity index is 2.26. The molecule has 0 aliphatic carbocycles. The first-order valence-electron chi connectivity index (χ1n) is 4.97. The summed E-state index contributed by atoms with van der Waals surface area (Å²) < 4.78 is 13.4. The number of hydrogen-bond donors (Lipinski definition) is 3. The summed E-state index contributed by atoms with van der Waals surface area (Å²) in [5.41, 5.74) is 5.31. The van der Waals surface area contributed by atoms with Gasteiger partial charge in [0.15, 0.2) is 0 Å². The standard InChI is InChI=1S/C11H9FN4O2/c12-8-2-1-6(10(13)17)3-9(8)16-11(18)7-4-14-15-5-7/h1-5H,(H2,13,17)(H,14,15)(H,16,18). The van der Waals surface area contributed by atoms with Gasteiger partial charge in [-0.1, -0.05) is 0 Å². The number of hydrogen-bond acceptors (Lipinski definition) is 3. The van der Waals surface area contributed by atoms with Crippen LogP contribution >= 0.6 is 0 Å². The summed E-state index contributed by atoms with van der Waals surface area (Å²) in [6, 6.07) is 3.48. The first-order chi connectivity index (χ1) is 8.58. The molecule has 0 aliphatic heterocycles. The molecule has 1 aromatic carbocycles. The lowest BCUT2D eigenvalue weighted by atomic mass is 10.2. The van der Waals surface area contributed by atoms with Gasteiger partial charge in [0.05, 0.1) is 17.4 Å². The Morgan fingerprint density at radius 2 is 2.11 bits per heavy atom. The van der Waals surface area contributed by atoms with E-state index in [1.165, 1.54) is 24.5 Å². The van der Waals surface area contributed by atoms with Crippen LogP contribution in [-0.2, 0) is 0 Å². The van der Waals surface area contributed by atoms with Crippen molar-refractivity contribution in [2.24, 2.45) is 5.73 Å². The number of carbonyl (C=O) groups excluding carboxylic acids is 2. The minimum absolute atomic E-state index is 0.110. The van der Waals surface area contributed by atoms with Crippen molar-refractivity contribution >= 4 is 17.5 Å². The maximum absolute atomic E-state index is 13.4. The fourth-order valence-electron chi connectivity index (χ4n) is 1.34. The van der Waals surface area contributed by atoms with Gasteiger partial charge in [0, 0.05) is 11.8 Å². The maximum Gasteiger partial charge on any atom is 0.258 e. The van der Waals surface area contributed by atoms with E-state index >= 15 is 0 Å². The van der Waals surface area contributed by atoms with Gasteiger partial charge in [0.25, 0.3) is 5.91 Å². The molecule has 0 atom stereocenters. The van der Waals surface area contributed by atoms with Crippen molar-refractivity contribution in [3.8, 4) is 0 Å². The number of aromatic nitrogens is 2. The molecule has 2 rings (SSSR count). The van der Waals surface area contributed by atoms with E-state index in [9.17, 15) is 14.0 Å². The van der Waals surface area contributed by atoms with Crippen molar-refractivity contribution in [1.29, 1.82) is 0 Å². The number of H-pyrrole nitrogens is 1. The third-order valence-corrected chi connectivity index (χ3v) is 2.26. The van der Waals surface area contributed by atoms with Crippen LogP contribution in [0, 0.1) is 5.82 Å². The van der Waals surface area contributed by atoms with Crippen LogP contribution < -0.4 is 11.1 Å². The van der Waals surface area contributed by atoms with E-state index in [4.69, 9.17) is 5.73 Å². The zero-order valence-electron chi connectivity index (χ0n) is 9.11. The summed E-state index contributed by atoms with van der Waals surface area (Å²) in [5, 5.41) is 8.39. The smallest absolute Gasteiger partial charge is 0.258 e. The number of amides is 2. The average molecular weight is 248 g/mol. The number of primary amides is 1. The lowest BCUT2D eigenvalue weighted by Gasteiger charge is -2.06. The van der Waals surface area contributed by atoms with Gasteiger partial charge in [-0.05, 0) is 18.2 Å². The molecule has 4 N–H and O–H groups in total. The van der Waals surface area contributed by atoms with Crippen LogP contribution in [0.4, 0.5) is 10.1 Å². The van der Waals surface area contributed by atoms with E-state index in [1.807, 2.05) is 0 Å². The molecule has 2 amide bonds. The van der Waals surface area contributed by atoms with Crippen LogP contribution in [0.15, 0.2) is 30.6 Å². The van der Waals surface area contributed by atoms with Gasteiger partial charge >= 0.3 is 0 Å². The van der Waals surface area contributed by atoms with E-state index in [-0.39, 0.29) is 16.8 Å². The normalized spacial score (nSPS) is 10.1. The quantitative estimate of drug-likeness (QED) is 0.752. The number of nitrogens with zero attached hydrogens (tertiary/aromatic N) is 1. The monoisotopic (exact) mass is 248 g/mol. The summed E-state index contributed by atoms with van der Waals surface area (Å²) >= 11 is 0. The molecule has 7 heteroatoms. The summed E-state index contributed by atoms with van der Waals surface area (Å²) in [4.78, 5) is 22.6. The van der Waals surface area contributed by atoms with Crippen molar-refractivity contribution in [2.45, 2.75) is 0 Å². The van der Waals surface area contributed by atoms with Gasteiger partial charge in [0.1, 0.15) is 5.82 Å². The minimum Gasteiger partial charge on any atom is -0.366 e. The van der Waals surface area contributed by atoms with Crippen molar-refractivity contribution in [2.75, 3.05) is 5.32 Å². The Morgan fingerprint density at radius 1 is 1.33 bits per heavy atom. The molecule has 0 saturated carbocycles. The molecule has 6 nitrogen and oxygen atoms in total. The number of nitrogens with two attached hydrogens (primary N) is 1. The van der Waals surface area contributed by atoms with Crippen LogP contribution in [-0.4, -0.2) is 22.0 Å². The minimum atomic E-state index is -0.700. The highest BCUT2D eigenvalue weighted by Gasteiger charge is 2.12. The van der Waals surface area contributed by atoms with Crippen LogP contribution in [0.25, 0.3) is 0 Å². The Labute approximate surface area is 101 Å².